The molecule has 0 saturated heterocycles. The summed E-state index contributed by atoms with van der Waals surface area (Å²) in [6.45, 7) is 0.540. The molecule has 1 aromatic rings. The molecule has 1 aromatic carbocycles. The van der Waals surface area contributed by atoms with E-state index in [4.69, 9.17) is 5.11 Å². The van der Waals surface area contributed by atoms with E-state index in [1.54, 1.807) is 7.05 Å². The summed E-state index contributed by atoms with van der Waals surface area (Å²) in [6, 6.07) is 7.47. The van der Waals surface area contributed by atoms with Crippen molar-refractivity contribution < 1.29 is 15.3 Å². The quantitative estimate of drug-likeness (QED) is 0.549. The number of aliphatic hydroxyl groups is 3. The standard InChI is InChI=1S/C13H21NO3/c1-14-9-12(16)13(17)11-6-4-10(5-7-11)3-2-8-15/h4-7,12-17H,2-3,8-9H2,1H3. The number of rotatable bonds is 7. The van der Waals surface area contributed by atoms with E-state index in [0.717, 1.165) is 18.4 Å². The highest BCUT2D eigenvalue weighted by atomic mass is 16.3. The van der Waals surface area contributed by atoms with E-state index in [1.807, 2.05) is 24.3 Å². The third-order valence-corrected chi connectivity index (χ3v) is 2.72. The van der Waals surface area contributed by atoms with Crippen LogP contribution in [0.4, 0.5) is 0 Å². The fourth-order valence-corrected chi connectivity index (χ4v) is 1.71. The summed E-state index contributed by atoms with van der Waals surface area (Å²) in [6.07, 6.45) is -0.103. The molecule has 0 spiro atoms. The first-order valence-electron chi connectivity index (χ1n) is 5.89. The number of likely N-dealkylation sites (N-methyl/N-ethyl adjacent to an activating group) is 1. The SMILES string of the molecule is CNCC(O)C(O)c1ccc(CCCO)cc1. The Balaban J connectivity index is 2.60. The molecule has 4 heteroatoms. The number of aryl methyl sites for hydroxylation is 1. The molecule has 4 N–H and O–H groups in total. The van der Waals surface area contributed by atoms with Crippen LogP contribution in [0, 0.1) is 0 Å². The van der Waals surface area contributed by atoms with Gasteiger partial charge in [0.2, 0.25) is 0 Å². The maximum atomic E-state index is 9.86. The van der Waals surface area contributed by atoms with Crippen LogP contribution < -0.4 is 5.32 Å². The fraction of sp³-hybridized carbons (Fsp3) is 0.538. The molecule has 17 heavy (non-hydrogen) atoms. The van der Waals surface area contributed by atoms with E-state index in [-0.39, 0.29) is 6.61 Å². The zero-order valence-corrected chi connectivity index (χ0v) is 10.1. The Morgan fingerprint density at radius 3 is 2.35 bits per heavy atom. The number of hydrogen-bond acceptors (Lipinski definition) is 4. The van der Waals surface area contributed by atoms with E-state index in [2.05, 4.69) is 5.32 Å². The second kappa shape index (κ2) is 7.40. The van der Waals surface area contributed by atoms with Crippen LogP contribution in [0.3, 0.4) is 0 Å². The van der Waals surface area contributed by atoms with E-state index >= 15 is 0 Å². The lowest BCUT2D eigenvalue weighted by Gasteiger charge is -2.18. The first-order valence-corrected chi connectivity index (χ1v) is 5.89. The minimum absolute atomic E-state index is 0.186. The Kier molecular flexibility index (Phi) is 6.15. The molecule has 0 aliphatic heterocycles. The van der Waals surface area contributed by atoms with Gasteiger partial charge in [-0.25, -0.2) is 0 Å². The molecule has 0 bridgehead atoms. The van der Waals surface area contributed by atoms with Gasteiger partial charge in [0.15, 0.2) is 0 Å². The van der Waals surface area contributed by atoms with Crippen molar-refractivity contribution in [2.24, 2.45) is 0 Å². The number of aliphatic hydroxyl groups excluding tert-OH is 3. The predicted octanol–water partition coefficient (Wildman–Crippen LogP) is 0.225. The lowest BCUT2D eigenvalue weighted by atomic mass is 10.0. The van der Waals surface area contributed by atoms with Crippen molar-refractivity contribution in [2.45, 2.75) is 25.0 Å². The van der Waals surface area contributed by atoms with Gasteiger partial charge >= 0.3 is 0 Å². The Hall–Kier alpha value is -0.940. The zero-order chi connectivity index (χ0) is 12.7. The molecule has 0 radical (unpaired) electrons. The van der Waals surface area contributed by atoms with Crippen LogP contribution in [0.25, 0.3) is 0 Å². The van der Waals surface area contributed by atoms with Crippen LogP contribution in [0.2, 0.25) is 0 Å². The first-order chi connectivity index (χ1) is 8.19. The molecular weight excluding hydrogens is 218 g/mol. The molecule has 0 aliphatic carbocycles. The van der Waals surface area contributed by atoms with Gasteiger partial charge in [0, 0.05) is 13.2 Å². The number of benzene rings is 1. The van der Waals surface area contributed by atoms with E-state index < -0.39 is 12.2 Å². The third-order valence-electron chi connectivity index (χ3n) is 2.72. The molecule has 0 aromatic heterocycles. The smallest absolute Gasteiger partial charge is 0.106 e. The maximum Gasteiger partial charge on any atom is 0.106 e. The van der Waals surface area contributed by atoms with Gasteiger partial charge in [-0.1, -0.05) is 24.3 Å². The monoisotopic (exact) mass is 239 g/mol. The minimum Gasteiger partial charge on any atom is -0.396 e. The molecule has 2 unspecified atom stereocenters. The molecule has 1 rings (SSSR count). The van der Waals surface area contributed by atoms with Crippen LogP contribution in [0.1, 0.15) is 23.7 Å². The first kappa shape index (κ1) is 14.1. The topological polar surface area (TPSA) is 72.7 Å². The molecule has 0 aliphatic rings. The molecule has 96 valence electrons. The highest BCUT2D eigenvalue weighted by Gasteiger charge is 2.16. The number of nitrogens with one attached hydrogen (secondary N) is 1. The highest BCUT2D eigenvalue weighted by Crippen LogP contribution is 2.17. The van der Waals surface area contributed by atoms with Gasteiger partial charge < -0.3 is 20.6 Å². The minimum atomic E-state index is -0.866. The molecule has 0 fully saturated rings. The summed E-state index contributed by atoms with van der Waals surface area (Å²) in [5.74, 6) is 0. The maximum absolute atomic E-state index is 9.86. The van der Waals surface area contributed by atoms with Crippen molar-refractivity contribution in [1.82, 2.24) is 5.32 Å². The molecule has 0 heterocycles. The second-order valence-electron chi connectivity index (χ2n) is 4.14. The molecule has 0 amide bonds. The van der Waals surface area contributed by atoms with Crippen molar-refractivity contribution in [3.63, 3.8) is 0 Å². The molecule has 4 nitrogen and oxygen atoms in total. The van der Waals surface area contributed by atoms with Crippen LogP contribution in [-0.2, 0) is 6.42 Å². The van der Waals surface area contributed by atoms with Gasteiger partial charge in [0.05, 0.1) is 6.10 Å². The average Bonchev–Trinajstić information content (AvgIpc) is 2.36. The van der Waals surface area contributed by atoms with Crippen molar-refractivity contribution in [2.75, 3.05) is 20.2 Å². The normalized spacial score (nSPS) is 14.6. The van der Waals surface area contributed by atoms with Crippen molar-refractivity contribution in [3.8, 4) is 0 Å². The molecule has 0 saturated carbocycles. The van der Waals surface area contributed by atoms with Crippen molar-refractivity contribution in [1.29, 1.82) is 0 Å². The summed E-state index contributed by atoms with van der Waals surface area (Å²) in [5, 5.41) is 31.0. The van der Waals surface area contributed by atoms with Gasteiger partial charge in [0.1, 0.15) is 6.10 Å². The zero-order valence-electron chi connectivity index (χ0n) is 10.1. The summed E-state index contributed by atoms with van der Waals surface area (Å²) in [7, 11) is 1.73. The van der Waals surface area contributed by atoms with Crippen molar-refractivity contribution in [3.05, 3.63) is 35.4 Å². The van der Waals surface area contributed by atoms with E-state index in [1.165, 1.54) is 0 Å². The van der Waals surface area contributed by atoms with Crippen LogP contribution in [0.5, 0.6) is 0 Å². The van der Waals surface area contributed by atoms with Gasteiger partial charge in [-0.05, 0) is 31.0 Å². The Bertz CT molecular complexity index is 313. The van der Waals surface area contributed by atoms with Crippen LogP contribution in [0.15, 0.2) is 24.3 Å². The number of hydrogen-bond donors (Lipinski definition) is 4. The van der Waals surface area contributed by atoms with Gasteiger partial charge in [-0.2, -0.15) is 0 Å². The molecule has 2 atom stereocenters. The van der Waals surface area contributed by atoms with E-state index in [0.29, 0.717) is 12.1 Å². The van der Waals surface area contributed by atoms with Crippen molar-refractivity contribution >= 4 is 0 Å². The largest absolute Gasteiger partial charge is 0.396 e. The van der Waals surface area contributed by atoms with E-state index in [9.17, 15) is 10.2 Å². The third kappa shape index (κ3) is 4.44. The van der Waals surface area contributed by atoms with Gasteiger partial charge in [-0.15, -0.1) is 0 Å². The summed E-state index contributed by atoms with van der Waals surface area (Å²) < 4.78 is 0. The summed E-state index contributed by atoms with van der Waals surface area (Å²) in [5.41, 5.74) is 1.83. The Morgan fingerprint density at radius 2 is 1.82 bits per heavy atom. The van der Waals surface area contributed by atoms with Crippen LogP contribution in [-0.4, -0.2) is 41.6 Å². The fourth-order valence-electron chi connectivity index (χ4n) is 1.71. The Labute approximate surface area is 102 Å². The lowest BCUT2D eigenvalue weighted by molar-refractivity contribution is 0.0202. The van der Waals surface area contributed by atoms with Crippen LogP contribution >= 0.6 is 0 Å². The average molecular weight is 239 g/mol. The highest BCUT2D eigenvalue weighted by molar-refractivity contribution is 5.25. The Morgan fingerprint density at radius 1 is 1.18 bits per heavy atom. The lowest BCUT2D eigenvalue weighted by Crippen LogP contribution is -2.29. The van der Waals surface area contributed by atoms with Gasteiger partial charge in [-0.3, -0.25) is 0 Å². The predicted molar refractivity (Wildman–Crippen MR) is 66.7 cm³/mol. The second-order valence-corrected chi connectivity index (χ2v) is 4.14. The summed E-state index contributed by atoms with van der Waals surface area (Å²) >= 11 is 0. The van der Waals surface area contributed by atoms with Gasteiger partial charge in [0.25, 0.3) is 0 Å². The summed E-state index contributed by atoms with van der Waals surface area (Å²) in [4.78, 5) is 0. The molecular formula is C13H21NO3.